The first-order chi connectivity index (χ1) is 17.2. The van der Waals surface area contributed by atoms with Gasteiger partial charge in [0.05, 0.1) is 12.2 Å². The summed E-state index contributed by atoms with van der Waals surface area (Å²) in [4.78, 5) is 55.0. The van der Waals surface area contributed by atoms with Crippen molar-refractivity contribution in [2.45, 2.75) is 50.7 Å². The molecule has 0 spiro atoms. The van der Waals surface area contributed by atoms with Crippen molar-refractivity contribution in [2.24, 2.45) is 17.8 Å². The summed E-state index contributed by atoms with van der Waals surface area (Å²) in [6.07, 6.45) is 1.84. The lowest BCUT2D eigenvalue weighted by Gasteiger charge is -2.22. The molecule has 2 aliphatic carbocycles. The van der Waals surface area contributed by atoms with Crippen LogP contribution in [0.3, 0.4) is 0 Å². The Kier molecular flexibility index (Phi) is 7.42. The lowest BCUT2D eigenvalue weighted by molar-refractivity contribution is -0.140. The number of carbonyl (C=O) groups excluding carboxylic acids is 4. The Labute approximate surface area is 207 Å². The zero-order valence-electron chi connectivity index (χ0n) is 19.7. The molecule has 1 unspecified atom stereocenters. The molecular formula is C26H28F2N4O4. The molecule has 0 bridgehead atoms. The summed E-state index contributed by atoms with van der Waals surface area (Å²) in [7, 11) is 0. The molecule has 3 N–H and O–H groups in total. The number of hydrogen-bond donors (Lipinski definition) is 3. The number of pyridine rings is 1. The van der Waals surface area contributed by atoms with Crippen LogP contribution in [0.2, 0.25) is 0 Å². The predicted octanol–water partition coefficient (Wildman–Crippen LogP) is 1.79. The molecule has 8 nitrogen and oxygen atoms in total. The fraction of sp³-hybridized carbons (Fsp3) is 0.423. The maximum absolute atomic E-state index is 13.4. The maximum Gasteiger partial charge on any atom is 0.289 e. The minimum atomic E-state index is -2.68. The Hall–Kier alpha value is -3.69. The van der Waals surface area contributed by atoms with Gasteiger partial charge in [-0.3, -0.25) is 24.2 Å². The number of halogens is 2. The minimum absolute atomic E-state index is 0.0479. The van der Waals surface area contributed by atoms with Crippen LogP contribution < -0.4 is 16.0 Å². The van der Waals surface area contributed by atoms with Crippen LogP contribution in [-0.4, -0.2) is 46.5 Å². The second-order valence-corrected chi connectivity index (χ2v) is 9.41. The molecule has 36 heavy (non-hydrogen) atoms. The Bertz CT molecular complexity index is 1120. The van der Waals surface area contributed by atoms with Gasteiger partial charge in [-0.15, -0.1) is 0 Å². The van der Waals surface area contributed by atoms with Crippen LogP contribution in [0, 0.1) is 17.8 Å². The van der Waals surface area contributed by atoms with Crippen LogP contribution >= 0.6 is 0 Å². The van der Waals surface area contributed by atoms with Crippen molar-refractivity contribution in [3.05, 3.63) is 66.0 Å². The van der Waals surface area contributed by atoms with Gasteiger partial charge in [-0.05, 0) is 37.5 Å². The van der Waals surface area contributed by atoms with Gasteiger partial charge in [0.25, 0.3) is 11.8 Å². The first kappa shape index (κ1) is 25.4. The quantitative estimate of drug-likeness (QED) is 0.432. The van der Waals surface area contributed by atoms with Crippen molar-refractivity contribution in [1.82, 2.24) is 20.9 Å². The SMILES string of the molecule is C[C@@H](NC(=O)C1C[C@@H]2[C@H](C1)C2(F)F)C(=O)N[C@H](Cc1ccccc1)C(=O)C(=O)NCc1ccccn1. The van der Waals surface area contributed by atoms with E-state index in [9.17, 15) is 28.0 Å². The smallest absolute Gasteiger partial charge is 0.289 e. The van der Waals surface area contributed by atoms with E-state index < -0.39 is 59.3 Å². The number of hydrogen-bond acceptors (Lipinski definition) is 5. The number of nitrogens with one attached hydrogen (secondary N) is 3. The second kappa shape index (κ2) is 10.5. The van der Waals surface area contributed by atoms with Gasteiger partial charge in [0.15, 0.2) is 0 Å². The topological polar surface area (TPSA) is 117 Å². The summed E-state index contributed by atoms with van der Waals surface area (Å²) < 4.78 is 26.8. The van der Waals surface area contributed by atoms with E-state index in [2.05, 4.69) is 20.9 Å². The number of carbonyl (C=O) groups is 4. The van der Waals surface area contributed by atoms with Gasteiger partial charge >= 0.3 is 0 Å². The van der Waals surface area contributed by atoms with Crippen molar-refractivity contribution < 1.29 is 28.0 Å². The second-order valence-electron chi connectivity index (χ2n) is 9.41. The first-order valence-corrected chi connectivity index (χ1v) is 11.9. The molecule has 1 heterocycles. The van der Waals surface area contributed by atoms with Gasteiger partial charge in [0.2, 0.25) is 17.6 Å². The predicted molar refractivity (Wildman–Crippen MR) is 125 cm³/mol. The zero-order valence-corrected chi connectivity index (χ0v) is 19.7. The normalized spacial score (nSPS) is 23.0. The van der Waals surface area contributed by atoms with Crippen molar-refractivity contribution >= 4 is 23.5 Å². The van der Waals surface area contributed by atoms with Crippen LogP contribution in [0.1, 0.15) is 31.0 Å². The van der Waals surface area contributed by atoms with Gasteiger partial charge in [-0.1, -0.05) is 36.4 Å². The fourth-order valence-corrected chi connectivity index (χ4v) is 4.70. The number of alkyl halides is 2. The Morgan fingerprint density at radius 2 is 1.67 bits per heavy atom. The molecule has 2 fully saturated rings. The number of nitrogens with zero attached hydrogens (tertiary/aromatic N) is 1. The Morgan fingerprint density at radius 3 is 2.31 bits per heavy atom. The van der Waals surface area contributed by atoms with E-state index in [0.717, 1.165) is 5.56 Å². The molecular weight excluding hydrogens is 470 g/mol. The molecule has 0 radical (unpaired) electrons. The molecule has 3 amide bonds. The lowest BCUT2D eigenvalue weighted by atomic mass is 10.0. The van der Waals surface area contributed by atoms with Crippen molar-refractivity contribution in [3.8, 4) is 0 Å². The van der Waals surface area contributed by atoms with Gasteiger partial charge in [0, 0.05) is 30.4 Å². The third-order valence-electron chi connectivity index (χ3n) is 6.86. The van der Waals surface area contributed by atoms with Crippen LogP contribution in [0.5, 0.6) is 0 Å². The van der Waals surface area contributed by atoms with Crippen LogP contribution in [0.4, 0.5) is 8.78 Å². The molecule has 1 aromatic carbocycles. The Morgan fingerprint density at radius 1 is 1.00 bits per heavy atom. The summed E-state index contributed by atoms with van der Waals surface area (Å²) in [6, 6.07) is 11.9. The first-order valence-electron chi connectivity index (χ1n) is 11.9. The average molecular weight is 499 g/mol. The highest BCUT2D eigenvalue weighted by Crippen LogP contribution is 2.65. The lowest BCUT2D eigenvalue weighted by Crippen LogP contribution is -2.54. The number of amides is 3. The van der Waals surface area contributed by atoms with E-state index in [1.807, 2.05) is 0 Å². The monoisotopic (exact) mass is 498 g/mol. The number of aromatic nitrogens is 1. The van der Waals surface area contributed by atoms with Crippen LogP contribution in [-0.2, 0) is 32.1 Å². The standard InChI is InChI=1S/C26H28F2N4O4/c1-15(31-24(35)17-12-19-20(13-17)26(19,27)28)23(34)32-21(11-16-7-3-2-4-8-16)22(33)25(36)30-14-18-9-5-6-10-29-18/h2-10,15,17,19-21H,11-14H2,1H3,(H,30,36)(H,31,35)(H,32,34)/t15-,17?,19-,20+,21-/m1/s1. The number of ketones is 1. The highest BCUT2D eigenvalue weighted by Gasteiger charge is 2.72. The summed E-state index contributed by atoms with van der Waals surface area (Å²) in [5.74, 6) is -7.56. The van der Waals surface area contributed by atoms with E-state index in [1.54, 1.807) is 54.7 Å². The number of fused-ring (bicyclic) bond motifs is 1. The molecule has 10 heteroatoms. The van der Waals surface area contributed by atoms with Gasteiger partial charge < -0.3 is 16.0 Å². The van der Waals surface area contributed by atoms with E-state index >= 15 is 0 Å². The molecule has 2 aliphatic rings. The van der Waals surface area contributed by atoms with Gasteiger partial charge in [0.1, 0.15) is 12.1 Å². The molecule has 2 saturated carbocycles. The fourth-order valence-electron chi connectivity index (χ4n) is 4.70. The van der Waals surface area contributed by atoms with Crippen molar-refractivity contribution in [2.75, 3.05) is 0 Å². The molecule has 1 aromatic heterocycles. The largest absolute Gasteiger partial charge is 0.344 e. The molecule has 5 atom stereocenters. The number of rotatable bonds is 10. The van der Waals surface area contributed by atoms with Crippen LogP contribution in [0.25, 0.3) is 0 Å². The van der Waals surface area contributed by atoms with E-state index in [-0.39, 0.29) is 25.8 Å². The minimum Gasteiger partial charge on any atom is -0.344 e. The van der Waals surface area contributed by atoms with Crippen molar-refractivity contribution in [1.29, 1.82) is 0 Å². The summed E-state index contributed by atoms with van der Waals surface area (Å²) >= 11 is 0. The third-order valence-corrected chi connectivity index (χ3v) is 6.86. The summed E-state index contributed by atoms with van der Waals surface area (Å²) in [5.41, 5.74) is 1.30. The molecule has 190 valence electrons. The molecule has 0 aliphatic heterocycles. The maximum atomic E-state index is 13.4. The molecule has 0 saturated heterocycles. The van der Waals surface area contributed by atoms with E-state index in [0.29, 0.717) is 5.69 Å². The van der Waals surface area contributed by atoms with Crippen molar-refractivity contribution in [3.63, 3.8) is 0 Å². The third kappa shape index (κ3) is 5.75. The van der Waals surface area contributed by atoms with Gasteiger partial charge in [-0.25, -0.2) is 8.78 Å². The highest BCUT2D eigenvalue weighted by molar-refractivity contribution is 6.38. The highest BCUT2D eigenvalue weighted by atomic mass is 19.3. The van der Waals surface area contributed by atoms with Gasteiger partial charge in [-0.2, -0.15) is 0 Å². The van der Waals surface area contributed by atoms with E-state index in [4.69, 9.17) is 0 Å². The summed E-state index contributed by atoms with van der Waals surface area (Å²) in [6.45, 7) is 1.50. The number of benzene rings is 1. The summed E-state index contributed by atoms with van der Waals surface area (Å²) in [5, 5.41) is 7.65. The van der Waals surface area contributed by atoms with Crippen LogP contribution in [0.15, 0.2) is 54.7 Å². The molecule has 4 rings (SSSR count). The van der Waals surface area contributed by atoms with E-state index in [1.165, 1.54) is 6.92 Å². The Balaban J connectivity index is 1.35. The number of Topliss-reactive ketones (excluding diaryl/α,β-unsaturated/α-hetero) is 1. The molecule has 2 aromatic rings. The zero-order chi connectivity index (χ0) is 25.9. The average Bonchev–Trinajstić information content (AvgIpc) is 3.19.